The molecule has 0 aromatic carbocycles. The van der Waals surface area contributed by atoms with Crippen LogP contribution in [0.3, 0.4) is 0 Å². The van der Waals surface area contributed by atoms with Crippen LogP contribution in [0.2, 0.25) is 0 Å². The molecule has 1 rings (SSSR count). The summed E-state index contributed by atoms with van der Waals surface area (Å²) in [6.45, 7) is 2.34. The highest BCUT2D eigenvalue weighted by Crippen LogP contribution is 2.18. The molecular weight excluding hydrogens is 276 g/mol. The summed E-state index contributed by atoms with van der Waals surface area (Å²) in [5.41, 5.74) is 0.290. The van der Waals surface area contributed by atoms with Crippen molar-refractivity contribution in [1.29, 1.82) is 0 Å². The third-order valence-corrected chi connectivity index (χ3v) is 4.70. The third-order valence-electron chi connectivity index (χ3n) is 2.31. The van der Waals surface area contributed by atoms with E-state index in [1.54, 1.807) is 7.11 Å². The predicted molar refractivity (Wildman–Crippen MR) is 69.1 cm³/mol. The predicted octanol–water partition coefficient (Wildman–Crippen LogP) is 0.550. The molecule has 1 atom stereocenters. The van der Waals surface area contributed by atoms with Crippen LogP contribution in [0.1, 0.15) is 23.7 Å². The number of primary sulfonamides is 1. The highest BCUT2D eigenvalue weighted by atomic mass is 32.2. The Morgan fingerprint density at radius 2 is 2.28 bits per heavy atom. The Kier molecular flexibility index (Phi) is 5.27. The first kappa shape index (κ1) is 15.1. The smallest absolute Gasteiger partial charge is 0.252 e. The van der Waals surface area contributed by atoms with Gasteiger partial charge >= 0.3 is 0 Å². The van der Waals surface area contributed by atoms with Gasteiger partial charge in [-0.25, -0.2) is 13.6 Å². The second-order valence-corrected chi connectivity index (χ2v) is 6.43. The van der Waals surface area contributed by atoms with Crippen LogP contribution < -0.4 is 10.5 Å². The van der Waals surface area contributed by atoms with Crippen molar-refractivity contribution in [3.05, 3.63) is 17.0 Å². The Morgan fingerprint density at radius 1 is 1.61 bits per heavy atom. The number of hydrogen-bond donors (Lipinski definition) is 2. The van der Waals surface area contributed by atoms with Crippen molar-refractivity contribution < 1.29 is 17.9 Å². The number of carbonyl (C=O) groups is 1. The summed E-state index contributed by atoms with van der Waals surface area (Å²) < 4.78 is 27.1. The van der Waals surface area contributed by atoms with Crippen molar-refractivity contribution in [3.8, 4) is 0 Å². The quantitative estimate of drug-likeness (QED) is 0.800. The van der Waals surface area contributed by atoms with Crippen LogP contribution in [0.4, 0.5) is 0 Å². The molecule has 0 saturated carbocycles. The maximum atomic E-state index is 11.8. The van der Waals surface area contributed by atoms with E-state index in [-0.39, 0.29) is 16.2 Å². The van der Waals surface area contributed by atoms with Gasteiger partial charge < -0.3 is 10.1 Å². The van der Waals surface area contributed by atoms with E-state index in [0.717, 1.165) is 17.8 Å². The maximum Gasteiger partial charge on any atom is 0.252 e. The van der Waals surface area contributed by atoms with Crippen LogP contribution in [0, 0.1) is 0 Å². The van der Waals surface area contributed by atoms with Crippen LogP contribution >= 0.6 is 11.3 Å². The lowest BCUT2D eigenvalue weighted by Crippen LogP contribution is -2.37. The molecule has 0 fully saturated rings. The Labute approximate surface area is 110 Å². The van der Waals surface area contributed by atoms with Crippen LogP contribution in [0.5, 0.6) is 0 Å². The zero-order chi connectivity index (χ0) is 13.8. The van der Waals surface area contributed by atoms with Gasteiger partial charge in [-0.1, -0.05) is 6.92 Å². The third kappa shape index (κ3) is 4.05. The molecule has 8 heteroatoms. The van der Waals surface area contributed by atoms with Crippen LogP contribution in [-0.4, -0.2) is 34.1 Å². The summed E-state index contributed by atoms with van der Waals surface area (Å²) in [6, 6.07) is 1.18. The minimum Gasteiger partial charge on any atom is -0.383 e. The van der Waals surface area contributed by atoms with Gasteiger partial charge in [-0.3, -0.25) is 4.79 Å². The molecule has 1 aromatic heterocycles. The van der Waals surface area contributed by atoms with E-state index in [1.165, 1.54) is 11.4 Å². The molecule has 102 valence electrons. The molecule has 0 bridgehead atoms. The van der Waals surface area contributed by atoms with Gasteiger partial charge in [0.25, 0.3) is 5.91 Å². The summed E-state index contributed by atoms with van der Waals surface area (Å²) in [7, 11) is -2.19. The average Bonchev–Trinajstić information content (AvgIpc) is 2.77. The van der Waals surface area contributed by atoms with Gasteiger partial charge in [-0.2, -0.15) is 0 Å². The van der Waals surface area contributed by atoms with Crippen LogP contribution in [-0.2, 0) is 14.8 Å². The maximum absolute atomic E-state index is 11.8. The highest BCUT2D eigenvalue weighted by molar-refractivity contribution is 7.91. The van der Waals surface area contributed by atoms with E-state index < -0.39 is 10.0 Å². The van der Waals surface area contributed by atoms with Crippen molar-refractivity contribution in [2.45, 2.75) is 23.6 Å². The van der Waals surface area contributed by atoms with E-state index in [0.29, 0.717) is 12.2 Å². The lowest BCUT2D eigenvalue weighted by molar-refractivity contribution is 0.0895. The molecule has 6 nitrogen and oxygen atoms in total. The van der Waals surface area contributed by atoms with E-state index >= 15 is 0 Å². The van der Waals surface area contributed by atoms with Crippen molar-refractivity contribution in [1.82, 2.24) is 5.32 Å². The minimum absolute atomic E-state index is 0.0209. The lowest BCUT2D eigenvalue weighted by atomic mass is 10.2. The fourth-order valence-corrected chi connectivity index (χ4v) is 2.90. The molecule has 1 unspecified atom stereocenters. The Morgan fingerprint density at radius 3 is 2.72 bits per heavy atom. The molecule has 18 heavy (non-hydrogen) atoms. The summed E-state index contributed by atoms with van der Waals surface area (Å²) in [6.07, 6.45) is 0.728. The number of thiophene rings is 1. The summed E-state index contributed by atoms with van der Waals surface area (Å²) in [5.74, 6) is -0.329. The Bertz CT molecular complexity index is 510. The second-order valence-electron chi connectivity index (χ2n) is 3.73. The topological polar surface area (TPSA) is 98.5 Å². The summed E-state index contributed by atoms with van der Waals surface area (Å²) >= 11 is 0.928. The van der Waals surface area contributed by atoms with Gasteiger partial charge in [0, 0.05) is 12.5 Å². The van der Waals surface area contributed by atoms with Gasteiger partial charge in [-0.15, -0.1) is 11.3 Å². The number of methoxy groups -OCH3 is 1. The molecule has 0 aliphatic heterocycles. The van der Waals surface area contributed by atoms with Crippen LogP contribution in [0.25, 0.3) is 0 Å². The SMILES string of the molecule is CCC(COC)NC(=O)c1csc(S(N)(=O)=O)c1. The molecule has 0 aliphatic carbocycles. The minimum atomic E-state index is -3.75. The first-order valence-electron chi connectivity index (χ1n) is 5.29. The number of hydrogen-bond acceptors (Lipinski definition) is 5. The van der Waals surface area contributed by atoms with Gasteiger partial charge in [-0.05, 0) is 12.5 Å². The van der Waals surface area contributed by atoms with E-state index in [9.17, 15) is 13.2 Å². The number of amides is 1. The number of nitrogens with two attached hydrogens (primary N) is 1. The molecule has 0 spiro atoms. The standard InChI is InChI=1S/C10H16N2O4S2/c1-3-8(5-16-2)12-10(13)7-4-9(17-6-7)18(11,14)15/h4,6,8H,3,5H2,1-2H3,(H,12,13)(H2,11,14,15). The van der Waals surface area contributed by atoms with E-state index in [4.69, 9.17) is 9.88 Å². The van der Waals surface area contributed by atoms with Crippen molar-refractivity contribution in [3.63, 3.8) is 0 Å². The van der Waals surface area contributed by atoms with Crippen molar-refractivity contribution in [2.75, 3.05) is 13.7 Å². The van der Waals surface area contributed by atoms with Gasteiger partial charge in [0.1, 0.15) is 4.21 Å². The fraction of sp³-hybridized carbons (Fsp3) is 0.500. The Balaban J connectivity index is 2.76. The largest absolute Gasteiger partial charge is 0.383 e. The number of nitrogens with one attached hydrogen (secondary N) is 1. The molecule has 1 amide bonds. The molecule has 0 radical (unpaired) electrons. The first-order valence-corrected chi connectivity index (χ1v) is 7.72. The molecule has 1 aromatic rings. The van der Waals surface area contributed by atoms with Gasteiger partial charge in [0.2, 0.25) is 10.0 Å². The van der Waals surface area contributed by atoms with Crippen molar-refractivity contribution in [2.24, 2.45) is 5.14 Å². The molecule has 3 N–H and O–H groups in total. The molecular formula is C10H16N2O4S2. The van der Waals surface area contributed by atoms with Gasteiger partial charge in [0.05, 0.1) is 18.2 Å². The summed E-state index contributed by atoms with van der Waals surface area (Å²) in [4.78, 5) is 11.8. The molecule has 1 heterocycles. The van der Waals surface area contributed by atoms with Gasteiger partial charge in [0.15, 0.2) is 0 Å². The average molecular weight is 292 g/mol. The molecule has 0 saturated heterocycles. The second kappa shape index (κ2) is 6.28. The number of ether oxygens (including phenoxy) is 1. The molecule has 0 aliphatic rings. The number of sulfonamides is 1. The Hall–Kier alpha value is -0.960. The lowest BCUT2D eigenvalue weighted by Gasteiger charge is -2.15. The fourth-order valence-electron chi connectivity index (χ4n) is 1.32. The van der Waals surface area contributed by atoms with E-state index in [2.05, 4.69) is 5.32 Å². The number of rotatable bonds is 6. The van der Waals surface area contributed by atoms with E-state index in [1.807, 2.05) is 6.92 Å². The first-order chi connectivity index (χ1) is 8.38. The normalized spacial score (nSPS) is 13.3. The summed E-state index contributed by atoms with van der Waals surface area (Å²) in [5, 5.41) is 9.20. The number of carbonyl (C=O) groups excluding carboxylic acids is 1. The zero-order valence-electron chi connectivity index (χ0n) is 10.2. The highest BCUT2D eigenvalue weighted by Gasteiger charge is 2.17. The zero-order valence-corrected chi connectivity index (χ0v) is 11.8. The monoisotopic (exact) mass is 292 g/mol. The van der Waals surface area contributed by atoms with Crippen LogP contribution in [0.15, 0.2) is 15.7 Å². The van der Waals surface area contributed by atoms with Crippen molar-refractivity contribution >= 4 is 27.3 Å².